The Bertz CT molecular complexity index is 465. The second-order valence-electron chi connectivity index (χ2n) is 5.75. The van der Waals surface area contributed by atoms with Gasteiger partial charge in [0.1, 0.15) is 11.4 Å². The summed E-state index contributed by atoms with van der Waals surface area (Å²) in [6.45, 7) is 9.80. The number of hydrogen-bond donors (Lipinski definition) is 0. The van der Waals surface area contributed by atoms with Crippen molar-refractivity contribution in [3.8, 4) is 0 Å². The van der Waals surface area contributed by atoms with E-state index in [1.807, 2.05) is 51.1 Å². The van der Waals surface area contributed by atoms with Crippen LogP contribution in [0, 0.1) is 0 Å². The number of halogens is 1. The highest BCUT2D eigenvalue weighted by Gasteiger charge is 2.26. The molecule has 0 aliphatic carbocycles. The molecule has 0 bridgehead atoms. The lowest BCUT2D eigenvalue weighted by Gasteiger charge is -2.32. The molecule has 0 radical (unpaired) electrons. The highest BCUT2D eigenvalue weighted by atomic mass is 35.5. The van der Waals surface area contributed by atoms with E-state index in [0.717, 1.165) is 5.56 Å². The number of benzene rings is 1. The second kappa shape index (κ2) is 6.80. The van der Waals surface area contributed by atoms with Crippen molar-refractivity contribution in [1.82, 2.24) is 4.90 Å². The molecule has 1 aromatic carbocycles. The Morgan fingerprint density at radius 3 is 2.35 bits per heavy atom. The SMILES string of the molecule is C=C(OC(C)(C)C)C(Cc1ccccc1)N(C)C(=O)Cl. The lowest BCUT2D eigenvalue weighted by atomic mass is 10.0. The fourth-order valence-electron chi connectivity index (χ4n) is 1.89. The van der Waals surface area contributed by atoms with E-state index < -0.39 is 5.37 Å². The normalized spacial score (nSPS) is 12.7. The zero-order valence-electron chi connectivity index (χ0n) is 12.5. The summed E-state index contributed by atoms with van der Waals surface area (Å²) in [4.78, 5) is 12.9. The van der Waals surface area contributed by atoms with Crippen molar-refractivity contribution in [3.63, 3.8) is 0 Å². The number of likely N-dealkylation sites (N-methyl/N-ethyl adjacent to an activating group) is 1. The van der Waals surface area contributed by atoms with Gasteiger partial charge in [0.15, 0.2) is 0 Å². The van der Waals surface area contributed by atoms with Gasteiger partial charge in [0.05, 0.1) is 6.04 Å². The third-order valence-corrected chi connectivity index (χ3v) is 3.09. The number of carbonyl (C=O) groups excluding carboxylic acids is 1. The molecule has 1 unspecified atom stereocenters. The van der Waals surface area contributed by atoms with E-state index >= 15 is 0 Å². The van der Waals surface area contributed by atoms with Crippen LogP contribution in [0.4, 0.5) is 4.79 Å². The first-order chi connectivity index (χ1) is 9.20. The van der Waals surface area contributed by atoms with Gasteiger partial charge in [-0.3, -0.25) is 4.79 Å². The van der Waals surface area contributed by atoms with Gasteiger partial charge in [0.25, 0.3) is 0 Å². The van der Waals surface area contributed by atoms with Crippen molar-refractivity contribution >= 4 is 17.0 Å². The van der Waals surface area contributed by atoms with Crippen LogP contribution in [0.25, 0.3) is 0 Å². The molecule has 0 aliphatic heterocycles. The van der Waals surface area contributed by atoms with E-state index in [4.69, 9.17) is 16.3 Å². The third-order valence-electron chi connectivity index (χ3n) is 2.83. The Morgan fingerprint density at radius 2 is 1.90 bits per heavy atom. The minimum atomic E-state index is -0.524. The molecular weight excluding hydrogens is 274 g/mol. The van der Waals surface area contributed by atoms with Crippen molar-refractivity contribution in [2.75, 3.05) is 7.05 Å². The first-order valence-corrected chi connectivity index (χ1v) is 6.92. The van der Waals surface area contributed by atoms with Gasteiger partial charge in [-0.1, -0.05) is 36.9 Å². The molecule has 0 fully saturated rings. The summed E-state index contributed by atoms with van der Waals surface area (Å²) >= 11 is 5.59. The summed E-state index contributed by atoms with van der Waals surface area (Å²) < 4.78 is 5.80. The molecule has 1 rings (SSSR count). The zero-order valence-corrected chi connectivity index (χ0v) is 13.3. The molecule has 0 saturated heterocycles. The van der Waals surface area contributed by atoms with E-state index in [2.05, 4.69) is 6.58 Å². The van der Waals surface area contributed by atoms with Crippen molar-refractivity contribution in [3.05, 3.63) is 48.2 Å². The fraction of sp³-hybridized carbons (Fsp3) is 0.438. The molecule has 0 aliphatic rings. The topological polar surface area (TPSA) is 29.5 Å². The maximum atomic E-state index is 11.4. The Kier molecular flexibility index (Phi) is 5.63. The maximum Gasteiger partial charge on any atom is 0.316 e. The van der Waals surface area contributed by atoms with Crippen LogP contribution in [0.5, 0.6) is 0 Å². The lowest BCUT2D eigenvalue weighted by molar-refractivity contribution is 0.0307. The highest BCUT2D eigenvalue weighted by Crippen LogP contribution is 2.21. The van der Waals surface area contributed by atoms with Gasteiger partial charge in [0.2, 0.25) is 0 Å². The minimum Gasteiger partial charge on any atom is -0.491 e. The number of rotatable bonds is 5. The molecule has 0 N–H and O–H groups in total. The predicted molar refractivity (Wildman–Crippen MR) is 82.9 cm³/mol. The van der Waals surface area contributed by atoms with E-state index in [1.165, 1.54) is 4.90 Å². The number of hydrogen-bond acceptors (Lipinski definition) is 2. The Morgan fingerprint density at radius 1 is 1.35 bits per heavy atom. The average Bonchev–Trinajstić information content (AvgIpc) is 2.34. The largest absolute Gasteiger partial charge is 0.491 e. The first kappa shape index (κ1) is 16.6. The summed E-state index contributed by atoms with van der Waals surface area (Å²) in [5, 5.41) is -0.524. The molecule has 110 valence electrons. The van der Waals surface area contributed by atoms with Crippen molar-refractivity contribution in [2.24, 2.45) is 0 Å². The lowest BCUT2D eigenvalue weighted by Crippen LogP contribution is -2.39. The van der Waals surface area contributed by atoms with E-state index in [-0.39, 0.29) is 11.6 Å². The van der Waals surface area contributed by atoms with Gasteiger partial charge in [-0.15, -0.1) is 0 Å². The predicted octanol–water partition coefficient (Wildman–Crippen LogP) is 4.22. The van der Waals surface area contributed by atoms with Crippen molar-refractivity contribution in [1.29, 1.82) is 0 Å². The van der Waals surface area contributed by atoms with E-state index in [1.54, 1.807) is 7.05 Å². The summed E-state index contributed by atoms with van der Waals surface area (Å²) in [6, 6.07) is 9.59. The molecule has 4 heteroatoms. The molecule has 0 saturated carbocycles. The smallest absolute Gasteiger partial charge is 0.316 e. The van der Waals surface area contributed by atoms with Crippen LogP contribution in [0.2, 0.25) is 0 Å². The Hall–Kier alpha value is -1.48. The van der Waals surface area contributed by atoms with E-state index in [0.29, 0.717) is 12.2 Å². The van der Waals surface area contributed by atoms with Crippen LogP contribution in [0.3, 0.4) is 0 Å². The average molecular weight is 296 g/mol. The maximum absolute atomic E-state index is 11.4. The monoisotopic (exact) mass is 295 g/mol. The van der Waals surface area contributed by atoms with Gasteiger partial charge in [-0.2, -0.15) is 0 Å². The molecule has 1 atom stereocenters. The quantitative estimate of drug-likeness (QED) is 0.462. The summed E-state index contributed by atoms with van der Waals surface area (Å²) in [5.41, 5.74) is 0.739. The number of carbonyl (C=O) groups is 1. The van der Waals surface area contributed by atoms with Gasteiger partial charge in [-0.05, 0) is 37.9 Å². The molecular formula is C16H22ClNO2. The Balaban J connectivity index is 2.91. The van der Waals surface area contributed by atoms with Gasteiger partial charge in [0, 0.05) is 13.5 Å². The highest BCUT2D eigenvalue weighted by molar-refractivity contribution is 6.62. The minimum absolute atomic E-state index is 0.290. The number of nitrogens with zero attached hydrogens (tertiary/aromatic N) is 1. The molecule has 20 heavy (non-hydrogen) atoms. The molecule has 0 heterocycles. The molecule has 0 spiro atoms. The fourth-order valence-corrected chi connectivity index (χ4v) is 2.01. The molecule has 1 amide bonds. The number of ether oxygens (including phenoxy) is 1. The van der Waals surface area contributed by atoms with Crippen LogP contribution < -0.4 is 0 Å². The Labute approximate surface area is 126 Å². The van der Waals surface area contributed by atoms with Gasteiger partial charge >= 0.3 is 5.37 Å². The van der Waals surface area contributed by atoms with Crippen LogP contribution >= 0.6 is 11.6 Å². The zero-order chi connectivity index (χ0) is 15.3. The molecule has 3 nitrogen and oxygen atoms in total. The van der Waals surface area contributed by atoms with Crippen LogP contribution in [0.1, 0.15) is 26.3 Å². The molecule has 0 aromatic heterocycles. The van der Waals surface area contributed by atoms with Crippen molar-refractivity contribution in [2.45, 2.75) is 38.8 Å². The van der Waals surface area contributed by atoms with Gasteiger partial charge < -0.3 is 9.64 Å². The van der Waals surface area contributed by atoms with Crippen LogP contribution in [-0.2, 0) is 11.2 Å². The van der Waals surface area contributed by atoms with Crippen LogP contribution in [-0.4, -0.2) is 29.0 Å². The summed E-state index contributed by atoms with van der Waals surface area (Å²) in [5.74, 6) is 0.540. The molecule has 1 aromatic rings. The number of amides is 1. The second-order valence-corrected chi connectivity index (χ2v) is 6.07. The van der Waals surface area contributed by atoms with Crippen LogP contribution in [0.15, 0.2) is 42.7 Å². The standard InChI is InChI=1S/C16H22ClNO2/c1-12(20-16(2,3)4)14(18(5)15(17)19)11-13-9-7-6-8-10-13/h6-10,14H,1,11H2,2-5H3. The van der Waals surface area contributed by atoms with Gasteiger partial charge in [-0.25, -0.2) is 0 Å². The van der Waals surface area contributed by atoms with E-state index in [9.17, 15) is 4.79 Å². The summed E-state index contributed by atoms with van der Waals surface area (Å²) in [6.07, 6.45) is 0.616. The first-order valence-electron chi connectivity index (χ1n) is 6.55. The third kappa shape index (κ3) is 5.25. The van der Waals surface area contributed by atoms with Crippen molar-refractivity contribution < 1.29 is 9.53 Å². The summed E-state index contributed by atoms with van der Waals surface area (Å²) in [7, 11) is 1.65.